The molecule has 3 aromatic carbocycles. The maximum absolute atomic E-state index is 7.75. The van der Waals surface area contributed by atoms with E-state index in [1.165, 1.54) is 16.6 Å². The number of aromatic nitrogens is 2. The van der Waals surface area contributed by atoms with Crippen molar-refractivity contribution in [1.29, 1.82) is 0 Å². The van der Waals surface area contributed by atoms with Crippen LogP contribution >= 0.6 is 0 Å². The van der Waals surface area contributed by atoms with E-state index in [4.69, 9.17) is 6.11 Å². The first-order valence-corrected chi connectivity index (χ1v) is 10.5. The minimum atomic E-state index is 0. The summed E-state index contributed by atoms with van der Waals surface area (Å²) in [5.41, 5.74) is 7.63. The van der Waals surface area contributed by atoms with Gasteiger partial charge in [0, 0.05) is 29.8 Å². The number of rotatable bonds is 4. The van der Waals surface area contributed by atoms with Gasteiger partial charge in [0.1, 0.15) is 0 Å². The average Bonchev–Trinajstić information content (AvgIpc) is 3.18. The number of ether oxygens (including phenoxy) is 1. The van der Waals surface area contributed by atoms with Gasteiger partial charge in [-0.2, -0.15) is 29.7 Å². The van der Waals surface area contributed by atoms with Crippen LogP contribution in [0.3, 0.4) is 0 Å². The number of fused-ring (bicyclic) bond motifs is 3. The monoisotopic (exact) mass is 604 g/mol. The van der Waals surface area contributed by atoms with Crippen LogP contribution < -0.4 is 21.3 Å². The van der Waals surface area contributed by atoms with Crippen molar-refractivity contribution in [2.45, 2.75) is 0 Å². The third-order valence-corrected chi connectivity index (χ3v) is 5.66. The largest absolute Gasteiger partial charge is 2.00 e. The zero-order valence-corrected chi connectivity index (χ0v) is 19.7. The Balaban J connectivity index is 0.00000241. The molecule has 3 nitrogen and oxygen atoms in total. The number of hydrogen-bond acceptors (Lipinski definition) is 3. The molecule has 5 aromatic rings. The maximum atomic E-state index is 7.75. The zero-order chi connectivity index (χ0) is 22.2. The van der Waals surface area contributed by atoms with E-state index < -0.39 is 0 Å². The van der Waals surface area contributed by atoms with Crippen molar-refractivity contribution in [2.24, 2.45) is 0 Å². The first-order valence-electron chi connectivity index (χ1n) is 11.0. The normalized spacial score (nSPS) is 11.8. The summed E-state index contributed by atoms with van der Waals surface area (Å²) in [5, 5.41) is 0. The minimum absolute atomic E-state index is 0. The van der Waals surface area contributed by atoms with Gasteiger partial charge in [-0.25, -0.2) is 16.1 Å². The summed E-state index contributed by atoms with van der Waals surface area (Å²) in [6.07, 6.45) is 3.40. The van der Waals surface area contributed by atoms with Gasteiger partial charge in [0.05, 0.1) is 1.37 Å². The molecule has 2 aromatic heterocycles. The van der Waals surface area contributed by atoms with Crippen molar-refractivity contribution in [3.63, 3.8) is 0 Å². The van der Waals surface area contributed by atoms with Crippen LogP contribution in [0.15, 0.2) is 103 Å². The molecule has 0 saturated carbocycles. The predicted molar refractivity (Wildman–Crippen MR) is 128 cm³/mol. The van der Waals surface area contributed by atoms with Crippen LogP contribution in [0.4, 0.5) is 0 Å². The first kappa shape index (κ1) is 20.1. The third-order valence-electron chi connectivity index (χ3n) is 5.66. The Bertz CT molecular complexity index is 1480. The van der Waals surface area contributed by atoms with Gasteiger partial charge in [0.15, 0.2) is 0 Å². The minimum Gasteiger partial charge on any atom is -0.460 e. The van der Waals surface area contributed by atoms with E-state index in [0.717, 1.165) is 22.2 Å². The smallest absolute Gasteiger partial charge is 0.460 e. The summed E-state index contributed by atoms with van der Waals surface area (Å²) in [4.78, 5) is 8.83. The van der Waals surface area contributed by atoms with Crippen molar-refractivity contribution >= 4 is 23.2 Å². The van der Waals surface area contributed by atoms with Gasteiger partial charge in [0.2, 0.25) is 12.6 Å². The second-order valence-corrected chi connectivity index (χ2v) is 7.60. The summed E-state index contributed by atoms with van der Waals surface area (Å²) in [5.74, 6) is 0.920. The van der Waals surface area contributed by atoms with E-state index in [0.29, 0.717) is 17.7 Å². The van der Waals surface area contributed by atoms with Gasteiger partial charge >= 0.3 is 21.1 Å². The molecule has 0 N–H and O–H groups in total. The van der Waals surface area contributed by atoms with Crippen molar-refractivity contribution < 1.29 is 27.2 Å². The number of benzene rings is 3. The van der Waals surface area contributed by atoms with E-state index in [2.05, 4.69) is 64.6 Å². The SMILES string of the molecule is [2H]c1ccnc(Oc2[c-]c(-c3[c-]c4c(cc3)-c3ccccc3B4c3ccccn3)ccc2)c1.[Pt+2]. The van der Waals surface area contributed by atoms with Crippen molar-refractivity contribution in [2.75, 3.05) is 0 Å². The second kappa shape index (κ2) is 9.17. The molecule has 0 saturated heterocycles. The first-order chi connectivity index (χ1) is 16.3. The molecular weight excluding hydrogens is 586 g/mol. The fourth-order valence-corrected chi connectivity index (χ4v) is 4.28. The van der Waals surface area contributed by atoms with E-state index in [-0.39, 0.29) is 27.8 Å². The van der Waals surface area contributed by atoms with Crippen molar-refractivity contribution in [3.05, 3.63) is 115 Å². The predicted octanol–water partition coefficient (Wildman–Crippen LogP) is 4.03. The maximum Gasteiger partial charge on any atom is 2.00 e. The molecule has 33 heavy (non-hydrogen) atoms. The molecule has 0 radical (unpaired) electrons. The van der Waals surface area contributed by atoms with Crippen LogP contribution in [0, 0.1) is 12.1 Å². The Morgan fingerprint density at radius 1 is 0.727 bits per heavy atom. The average molecular weight is 604 g/mol. The van der Waals surface area contributed by atoms with Crippen LogP contribution in [0.5, 0.6) is 11.6 Å². The van der Waals surface area contributed by atoms with Gasteiger partial charge in [-0.05, 0) is 18.2 Å². The standard InChI is InChI=1S/C28H17BN2O.Pt/c1-2-11-25-23(10-1)24-15-14-21(19-26(24)29(25)27-12-3-5-16-30-27)20-8-7-9-22(18-20)32-28-13-4-6-17-31-28;/h1-17H;/q-2;+2/i4D;. The fourth-order valence-electron chi connectivity index (χ4n) is 4.28. The molecule has 0 aliphatic carbocycles. The number of nitrogens with zero attached hydrogens (tertiary/aromatic N) is 2. The van der Waals surface area contributed by atoms with Crippen LogP contribution in [0.25, 0.3) is 22.3 Å². The molecule has 0 fully saturated rings. The van der Waals surface area contributed by atoms with Crippen molar-refractivity contribution in [3.8, 4) is 33.9 Å². The third kappa shape index (κ3) is 4.03. The van der Waals surface area contributed by atoms with Crippen LogP contribution in [0.1, 0.15) is 1.37 Å². The van der Waals surface area contributed by atoms with Crippen LogP contribution in [-0.4, -0.2) is 16.7 Å². The van der Waals surface area contributed by atoms with E-state index >= 15 is 0 Å². The molecule has 0 amide bonds. The second-order valence-electron chi connectivity index (χ2n) is 7.60. The summed E-state index contributed by atoms with van der Waals surface area (Å²) >= 11 is 0. The van der Waals surface area contributed by atoms with Gasteiger partial charge < -0.3 is 4.74 Å². The van der Waals surface area contributed by atoms with E-state index in [9.17, 15) is 0 Å². The fraction of sp³-hybridized carbons (Fsp3) is 0. The van der Waals surface area contributed by atoms with E-state index in [1.54, 1.807) is 18.3 Å². The molecule has 6 rings (SSSR count). The Kier molecular flexibility index (Phi) is 5.60. The molecule has 158 valence electrons. The summed E-state index contributed by atoms with van der Waals surface area (Å²) < 4.78 is 13.6. The van der Waals surface area contributed by atoms with Gasteiger partial charge in [-0.15, -0.1) is 23.8 Å². The molecular formula is C28H17BN2OPt. The molecule has 1 aliphatic heterocycles. The summed E-state index contributed by atoms with van der Waals surface area (Å²) in [6.45, 7) is 0.0424. The van der Waals surface area contributed by atoms with Gasteiger partial charge in [-0.3, -0.25) is 4.98 Å². The van der Waals surface area contributed by atoms with Crippen LogP contribution in [0.2, 0.25) is 0 Å². The molecule has 1 aliphatic rings. The Labute approximate surface area is 209 Å². The summed E-state index contributed by atoms with van der Waals surface area (Å²) in [6, 6.07) is 35.1. The molecule has 3 heterocycles. The molecule has 0 bridgehead atoms. The van der Waals surface area contributed by atoms with Crippen molar-refractivity contribution in [1.82, 2.24) is 9.97 Å². The zero-order valence-electron chi connectivity index (χ0n) is 18.4. The summed E-state index contributed by atoms with van der Waals surface area (Å²) in [7, 11) is 0. The van der Waals surface area contributed by atoms with Gasteiger partial charge in [0.25, 0.3) is 0 Å². The number of pyridine rings is 2. The molecule has 5 heteroatoms. The number of hydrogen-bond donors (Lipinski definition) is 0. The molecule has 0 unspecified atom stereocenters. The molecule has 0 spiro atoms. The van der Waals surface area contributed by atoms with Crippen LogP contribution in [-0.2, 0) is 21.1 Å². The quantitative estimate of drug-likeness (QED) is 0.225. The Morgan fingerprint density at radius 3 is 2.45 bits per heavy atom. The van der Waals surface area contributed by atoms with E-state index in [1.807, 2.05) is 36.5 Å². The Morgan fingerprint density at radius 2 is 1.58 bits per heavy atom. The Hall–Kier alpha value is -3.49. The topological polar surface area (TPSA) is 35.0 Å². The van der Waals surface area contributed by atoms with Gasteiger partial charge in [-0.1, -0.05) is 47.4 Å². The molecule has 0 atom stereocenters.